The highest BCUT2D eigenvalue weighted by molar-refractivity contribution is 7.71. The second-order valence-corrected chi connectivity index (χ2v) is 2.43. The van der Waals surface area contributed by atoms with Gasteiger partial charge in [0.25, 0.3) is 0 Å². The van der Waals surface area contributed by atoms with Crippen LogP contribution in [0.1, 0.15) is 5.56 Å². The van der Waals surface area contributed by atoms with Crippen LogP contribution in [-0.4, -0.2) is 9.91 Å². The number of aromatic amines is 1. The lowest BCUT2D eigenvalue weighted by Gasteiger charge is -1.92. The molecule has 0 aliphatic heterocycles. The second-order valence-electron chi connectivity index (χ2n) is 1.99. The zero-order valence-corrected chi connectivity index (χ0v) is 6.59. The first-order chi connectivity index (χ1) is 5.63. The maximum Gasteiger partial charge on any atom is 0.323 e. The van der Waals surface area contributed by atoms with Crippen LogP contribution >= 0.6 is 12.2 Å². The molecule has 1 aromatic heterocycles. The molecule has 0 amide bonds. The third kappa shape index (κ3) is 1.65. The lowest BCUT2D eigenvalue weighted by molar-refractivity contribution is -0.389. The van der Waals surface area contributed by atoms with Crippen molar-refractivity contribution >= 4 is 18.0 Å². The summed E-state index contributed by atoms with van der Waals surface area (Å²) in [6, 6.07) is 4.27. The van der Waals surface area contributed by atoms with E-state index in [4.69, 9.17) is 5.26 Å². The first-order valence-electron chi connectivity index (χ1n) is 2.92. The maximum atomic E-state index is 10.2. The number of aromatic nitrogens is 1. The molecular weight excluding hydrogens is 178 g/mol. The van der Waals surface area contributed by atoms with Gasteiger partial charge in [0, 0.05) is 12.1 Å². The van der Waals surface area contributed by atoms with Gasteiger partial charge in [-0.05, 0) is 17.1 Å². The minimum atomic E-state index is -0.628. The predicted octanol–water partition coefficient (Wildman–Crippen LogP) is 1.52. The SMILES string of the molecule is N#Cc1cc([N+](=O)[O-])[nH]c(=S)c1. The van der Waals surface area contributed by atoms with Crippen molar-refractivity contribution in [3.05, 3.63) is 32.5 Å². The number of hydrogen-bond acceptors (Lipinski definition) is 4. The van der Waals surface area contributed by atoms with Gasteiger partial charge in [-0.15, -0.1) is 0 Å². The van der Waals surface area contributed by atoms with Crippen molar-refractivity contribution < 1.29 is 4.92 Å². The highest BCUT2D eigenvalue weighted by atomic mass is 32.1. The molecule has 1 rings (SSSR count). The molecule has 0 atom stereocenters. The lowest BCUT2D eigenvalue weighted by Crippen LogP contribution is -1.92. The molecule has 1 N–H and O–H groups in total. The standard InChI is InChI=1S/C6H3N3O2S/c7-3-4-1-5(9(10)11)8-6(12)2-4/h1-2H,(H,8,12). The number of pyridine rings is 1. The average molecular weight is 181 g/mol. The van der Waals surface area contributed by atoms with Crippen molar-refractivity contribution in [2.24, 2.45) is 0 Å². The lowest BCUT2D eigenvalue weighted by atomic mass is 10.3. The number of rotatable bonds is 1. The number of H-pyrrole nitrogens is 1. The van der Waals surface area contributed by atoms with Gasteiger partial charge in [0.1, 0.15) is 0 Å². The Hall–Kier alpha value is -1.74. The summed E-state index contributed by atoms with van der Waals surface area (Å²) < 4.78 is 0.181. The summed E-state index contributed by atoms with van der Waals surface area (Å²) in [4.78, 5) is 12.0. The smallest absolute Gasteiger partial charge is 0.323 e. The summed E-state index contributed by atoms with van der Waals surface area (Å²) in [6.45, 7) is 0. The zero-order valence-electron chi connectivity index (χ0n) is 5.77. The van der Waals surface area contributed by atoms with Crippen LogP contribution in [0.4, 0.5) is 5.82 Å². The Morgan fingerprint density at radius 3 is 2.83 bits per heavy atom. The fraction of sp³-hybridized carbons (Fsp3) is 0. The third-order valence-corrected chi connectivity index (χ3v) is 1.38. The summed E-state index contributed by atoms with van der Waals surface area (Å²) in [5.74, 6) is -0.265. The molecule has 0 unspecified atom stereocenters. The van der Waals surface area contributed by atoms with Crippen molar-refractivity contribution in [3.63, 3.8) is 0 Å². The molecule has 6 heteroatoms. The molecule has 0 saturated heterocycles. The Labute approximate surface area is 72.4 Å². The fourth-order valence-electron chi connectivity index (χ4n) is 0.691. The Bertz CT molecular complexity index is 418. The molecule has 0 radical (unpaired) electrons. The van der Waals surface area contributed by atoms with E-state index < -0.39 is 4.92 Å². The van der Waals surface area contributed by atoms with Crippen molar-refractivity contribution in [1.82, 2.24) is 4.98 Å². The van der Waals surface area contributed by atoms with Gasteiger partial charge in [-0.25, -0.2) is 4.98 Å². The van der Waals surface area contributed by atoms with Crippen molar-refractivity contribution in [3.8, 4) is 6.07 Å². The van der Waals surface area contributed by atoms with Crippen LogP contribution in [0.2, 0.25) is 0 Å². The molecular formula is C6H3N3O2S. The summed E-state index contributed by atoms with van der Waals surface area (Å²) in [5.41, 5.74) is 0.186. The Kier molecular flexibility index (Phi) is 2.16. The van der Waals surface area contributed by atoms with Gasteiger partial charge >= 0.3 is 5.82 Å². The molecule has 1 heterocycles. The molecule has 0 spiro atoms. The minimum absolute atomic E-state index is 0.181. The predicted molar refractivity (Wildman–Crippen MR) is 43.0 cm³/mol. The molecule has 5 nitrogen and oxygen atoms in total. The minimum Gasteiger partial charge on any atom is -0.358 e. The van der Waals surface area contributed by atoms with Crippen molar-refractivity contribution in [1.29, 1.82) is 5.26 Å². The van der Waals surface area contributed by atoms with E-state index in [1.54, 1.807) is 6.07 Å². The van der Waals surface area contributed by atoms with Gasteiger partial charge in [-0.3, -0.25) is 0 Å². The quantitative estimate of drug-likeness (QED) is 0.404. The first-order valence-corrected chi connectivity index (χ1v) is 3.33. The average Bonchev–Trinajstić information content (AvgIpc) is 2.03. The molecule has 0 aliphatic carbocycles. The monoisotopic (exact) mass is 181 g/mol. The fourth-order valence-corrected chi connectivity index (χ4v) is 0.923. The zero-order chi connectivity index (χ0) is 9.14. The molecule has 60 valence electrons. The van der Waals surface area contributed by atoms with Gasteiger partial charge in [0.05, 0.1) is 11.6 Å². The Balaban J connectivity index is 3.36. The highest BCUT2D eigenvalue weighted by Crippen LogP contribution is 2.08. The highest BCUT2D eigenvalue weighted by Gasteiger charge is 2.04. The van der Waals surface area contributed by atoms with E-state index in [2.05, 4.69) is 17.2 Å². The van der Waals surface area contributed by atoms with Crippen LogP contribution in [0.3, 0.4) is 0 Å². The van der Waals surface area contributed by atoms with Crippen LogP contribution in [0.15, 0.2) is 12.1 Å². The topological polar surface area (TPSA) is 82.7 Å². The van der Waals surface area contributed by atoms with Crippen LogP contribution in [0, 0.1) is 26.1 Å². The molecule has 12 heavy (non-hydrogen) atoms. The molecule has 1 aromatic rings. The van der Waals surface area contributed by atoms with Gasteiger partial charge < -0.3 is 10.1 Å². The van der Waals surface area contributed by atoms with Crippen molar-refractivity contribution in [2.75, 3.05) is 0 Å². The normalized spacial score (nSPS) is 8.92. The maximum absolute atomic E-state index is 10.2. The van der Waals surface area contributed by atoms with E-state index >= 15 is 0 Å². The number of nitro groups is 1. The van der Waals surface area contributed by atoms with E-state index in [-0.39, 0.29) is 16.0 Å². The molecule has 0 aromatic carbocycles. The van der Waals surface area contributed by atoms with Gasteiger partial charge in [0.15, 0.2) is 4.64 Å². The molecule has 0 fully saturated rings. The Morgan fingerprint density at radius 1 is 1.67 bits per heavy atom. The van der Waals surface area contributed by atoms with Gasteiger partial charge in [0.2, 0.25) is 0 Å². The van der Waals surface area contributed by atoms with Crippen LogP contribution in [0.25, 0.3) is 0 Å². The van der Waals surface area contributed by atoms with Crippen molar-refractivity contribution in [2.45, 2.75) is 0 Å². The number of nitriles is 1. The number of nitrogens with zero attached hydrogens (tertiary/aromatic N) is 2. The largest absolute Gasteiger partial charge is 0.358 e. The summed E-state index contributed by atoms with van der Waals surface area (Å²) >= 11 is 4.66. The number of nitrogens with one attached hydrogen (secondary N) is 1. The van der Waals surface area contributed by atoms with Crippen LogP contribution < -0.4 is 0 Å². The van der Waals surface area contributed by atoms with E-state index in [1.807, 2.05) is 0 Å². The second kappa shape index (κ2) is 3.11. The molecule has 0 saturated carbocycles. The van der Waals surface area contributed by atoms with Gasteiger partial charge in [-0.1, -0.05) is 0 Å². The molecule has 0 aliphatic rings. The van der Waals surface area contributed by atoms with E-state index in [1.165, 1.54) is 6.07 Å². The van der Waals surface area contributed by atoms with E-state index in [0.717, 1.165) is 6.07 Å². The van der Waals surface area contributed by atoms with E-state index in [0.29, 0.717) is 0 Å². The number of hydrogen-bond donors (Lipinski definition) is 1. The van der Waals surface area contributed by atoms with Crippen LogP contribution in [0.5, 0.6) is 0 Å². The van der Waals surface area contributed by atoms with Crippen LogP contribution in [-0.2, 0) is 0 Å². The summed E-state index contributed by atoms with van der Waals surface area (Å²) in [5, 5.41) is 18.7. The first kappa shape index (κ1) is 8.36. The Morgan fingerprint density at radius 2 is 2.33 bits per heavy atom. The summed E-state index contributed by atoms with van der Waals surface area (Å²) in [6.07, 6.45) is 0. The third-order valence-electron chi connectivity index (χ3n) is 1.16. The molecule has 0 bridgehead atoms. The van der Waals surface area contributed by atoms with E-state index in [9.17, 15) is 10.1 Å². The van der Waals surface area contributed by atoms with Gasteiger partial charge in [-0.2, -0.15) is 5.26 Å². The summed E-state index contributed by atoms with van der Waals surface area (Å²) in [7, 11) is 0.